The van der Waals surface area contributed by atoms with Gasteiger partial charge in [0, 0.05) is 18.2 Å². The monoisotopic (exact) mass is 436 g/mol. The summed E-state index contributed by atoms with van der Waals surface area (Å²) in [6, 6.07) is 14.6. The molecule has 0 atom stereocenters. The minimum atomic E-state index is -0.205. The van der Waals surface area contributed by atoms with Crippen LogP contribution < -0.4 is 10.9 Å². The third kappa shape index (κ3) is 4.39. The maximum atomic E-state index is 12.3. The molecule has 1 N–H and O–H groups in total. The molecule has 6 nitrogen and oxygen atoms in total. The number of aryl methyl sites for hydroxylation is 2. The Bertz CT molecular complexity index is 1230. The summed E-state index contributed by atoms with van der Waals surface area (Å²) in [6.45, 7) is 4.52. The quantitative estimate of drug-likeness (QED) is 0.493. The van der Waals surface area contributed by atoms with E-state index in [-0.39, 0.29) is 11.5 Å². The molecule has 0 unspecified atom stereocenters. The van der Waals surface area contributed by atoms with Gasteiger partial charge in [-0.15, -0.1) is 22.7 Å². The summed E-state index contributed by atoms with van der Waals surface area (Å²) in [5.41, 5.74) is 3.07. The molecular formula is C22H20N4O2S2. The lowest BCUT2D eigenvalue weighted by Gasteiger charge is -2.08. The zero-order valence-corrected chi connectivity index (χ0v) is 18.2. The predicted octanol–water partition coefficient (Wildman–Crippen LogP) is 4.14. The van der Waals surface area contributed by atoms with Crippen LogP contribution in [-0.2, 0) is 6.54 Å². The Balaban J connectivity index is 1.48. The van der Waals surface area contributed by atoms with Gasteiger partial charge in [0.2, 0.25) is 0 Å². The molecule has 4 rings (SSSR count). The van der Waals surface area contributed by atoms with Crippen molar-refractivity contribution in [2.24, 2.45) is 0 Å². The second-order valence-electron chi connectivity index (χ2n) is 6.81. The number of carbonyl (C=O) groups is 1. The molecule has 3 heterocycles. The normalized spacial score (nSPS) is 10.9. The van der Waals surface area contributed by atoms with Crippen molar-refractivity contribution in [3.63, 3.8) is 0 Å². The van der Waals surface area contributed by atoms with Crippen molar-refractivity contribution < 1.29 is 4.79 Å². The van der Waals surface area contributed by atoms with Gasteiger partial charge in [-0.2, -0.15) is 5.10 Å². The lowest BCUT2D eigenvalue weighted by atomic mass is 10.1. The molecule has 1 aromatic carbocycles. The van der Waals surface area contributed by atoms with E-state index >= 15 is 0 Å². The van der Waals surface area contributed by atoms with Gasteiger partial charge in [-0.25, -0.2) is 9.67 Å². The standard InChI is InChI=1S/C22H20N4O2S2/c1-14-5-7-16(8-6-14)21(28)23-11-12-26-19(27)10-9-17(25-26)20-15(2)24-22(30-20)18-4-3-13-29-18/h3-10,13H,11-12H2,1-2H3,(H,23,28). The fourth-order valence-corrected chi connectivity index (χ4v) is 4.78. The summed E-state index contributed by atoms with van der Waals surface area (Å²) >= 11 is 3.21. The Morgan fingerprint density at radius 1 is 1.10 bits per heavy atom. The number of thiazole rings is 1. The van der Waals surface area contributed by atoms with Crippen LogP contribution in [0.5, 0.6) is 0 Å². The number of aromatic nitrogens is 3. The fourth-order valence-electron chi connectivity index (χ4n) is 2.95. The largest absolute Gasteiger partial charge is 0.350 e. The van der Waals surface area contributed by atoms with Gasteiger partial charge >= 0.3 is 0 Å². The fraction of sp³-hybridized carbons (Fsp3) is 0.182. The van der Waals surface area contributed by atoms with Crippen LogP contribution in [0.2, 0.25) is 0 Å². The van der Waals surface area contributed by atoms with Gasteiger partial charge in [-0.05, 0) is 43.5 Å². The van der Waals surface area contributed by atoms with E-state index in [2.05, 4.69) is 15.4 Å². The van der Waals surface area contributed by atoms with Gasteiger partial charge in [0.25, 0.3) is 11.5 Å². The molecule has 3 aromatic heterocycles. The Morgan fingerprint density at radius 2 is 1.90 bits per heavy atom. The van der Waals surface area contributed by atoms with Crippen LogP contribution in [-0.4, -0.2) is 27.2 Å². The summed E-state index contributed by atoms with van der Waals surface area (Å²) in [4.78, 5) is 31.2. The number of nitrogens with zero attached hydrogens (tertiary/aromatic N) is 3. The molecule has 8 heteroatoms. The Hall–Kier alpha value is -3.10. The Labute approximate surface area is 181 Å². The van der Waals surface area contributed by atoms with Crippen LogP contribution in [0.4, 0.5) is 0 Å². The molecule has 0 spiro atoms. The van der Waals surface area contributed by atoms with E-state index in [1.165, 1.54) is 10.7 Å². The van der Waals surface area contributed by atoms with Crippen molar-refractivity contribution in [3.8, 4) is 20.5 Å². The highest BCUT2D eigenvalue weighted by Crippen LogP contribution is 2.35. The number of benzene rings is 1. The van der Waals surface area contributed by atoms with E-state index in [9.17, 15) is 9.59 Å². The van der Waals surface area contributed by atoms with Gasteiger partial charge in [0.15, 0.2) is 0 Å². The van der Waals surface area contributed by atoms with E-state index in [4.69, 9.17) is 0 Å². The first-order valence-corrected chi connectivity index (χ1v) is 11.2. The Kier molecular flexibility index (Phi) is 5.87. The van der Waals surface area contributed by atoms with Crippen molar-refractivity contribution in [2.45, 2.75) is 20.4 Å². The van der Waals surface area contributed by atoms with Crippen LogP contribution in [0.1, 0.15) is 21.6 Å². The molecule has 0 aliphatic carbocycles. The predicted molar refractivity (Wildman–Crippen MR) is 121 cm³/mol. The van der Waals surface area contributed by atoms with Crippen LogP contribution in [0.3, 0.4) is 0 Å². The molecule has 0 saturated heterocycles. The van der Waals surface area contributed by atoms with Crippen molar-refractivity contribution >= 4 is 28.6 Å². The lowest BCUT2D eigenvalue weighted by molar-refractivity contribution is 0.0951. The smallest absolute Gasteiger partial charge is 0.266 e. The molecule has 0 bridgehead atoms. The number of hydrogen-bond donors (Lipinski definition) is 1. The minimum Gasteiger partial charge on any atom is -0.350 e. The number of hydrogen-bond acceptors (Lipinski definition) is 6. The van der Waals surface area contributed by atoms with Crippen LogP contribution in [0.25, 0.3) is 20.5 Å². The average molecular weight is 437 g/mol. The number of rotatable bonds is 6. The molecule has 0 radical (unpaired) electrons. The molecule has 4 aromatic rings. The van der Waals surface area contributed by atoms with Crippen molar-refractivity contribution in [2.75, 3.05) is 6.54 Å². The van der Waals surface area contributed by atoms with E-state index in [0.717, 1.165) is 26.0 Å². The SMILES string of the molecule is Cc1ccc(C(=O)NCCn2nc(-c3sc(-c4cccs4)nc3C)ccc2=O)cc1. The van der Waals surface area contributed by atoms with Crippen LogP contribution in [0, 0.1) is 13.8 Å². The van der Waals surface area contributed by atoms with Crippen molar-refractivity contribution in [1.29, 1.82) is 0 Å². The molecule has 1 amide bonds. The minimum absolute atomic E-state index is 0.168. The number of carbonyl (C=O) groups excluding carboxylic acids is 1. The molecule has 0 saturated carbocycles. The van der Waals surface area contributed by atoms with Crippen LogP contribution >= 0.6 is 22.7 Å². The topological polar surface area (TPSA) is 76.9 Å². The summed E-state index contributed by atoms with van der Waals surface area (Å²) in [7, 11) is 0. The molecule has 152 valence electrons. The average Bonchev–Trinajstić information content (AvgIpc) is 3.40. The first-order chi connectivity index (χ1) is 14.5. The lowest BCUT2D eigenvalue weighted by Crippen LogP contribution is -2.31. The van der Waals surface area contributed by atoms with E-state index in [1.54, 1.807) is 40.9 Å². The Morgan fingerprint density at radius 3 is 2.63 bits per heavy atom. The molecular weight excluding hydrogens is 416 g/mol. The van der Waals surface area contributed by atoms with Gasteiger partial charge in [0.1, 0.15) is 10.7 Å². The molecule has 0 fully saturated rings. The number of amides is 1. The third-order valence-electron chi connectivity index (χ3n) is 4.55. The van der Waals surface area contributed by atoms with E-state index in [1.807, 2.05) is 43.5 Å². The molecule has 0 aliphatic heterocycles. The summed E-state index contributed by atoms with van der Waals surface area (Å²) in [6.07, 6.45) is 0. The molecule has 0 aliphatic rings. The first-order valence-electron chi connectivity index (χ1n) is 9.46. The van der Waals surface area contributed by atoms with E-state index in [0.29, 0.717) is 24.3 Å². The summed E-state index contributed by atoms with van der Waals surface area (Å²) in [5, 5.41) is 10.3. The van der Waals surface area contributed by atoms with E-state index < -0.39 is 0 Å². The highest BCUT2D eigenvalue weighted by Gasteiger charge is 2.14. The maximum Gasteiger partial charge on any atom is 0.266 e. The van der Waals surface area contributed by atoms with Gasteiger partial charge in [0.05, 0.1) is 22.0 Å². The van der Waals surface area contributed by atoms with Crippen molar-refractivity contribution in [3.05, 3.63) is 81.1 Å². The number of nitrogens with one attached hydrogen (secondary N) is 1. The van der Waals surface area contributed by atoms with Crippen LogP contribution in [0.15, 0.2) is 58.7 Å². The maximum absolute atomic E-state index is 12.3. The van der Waals surface area contributed by atoms with Crippen molar-refractivity contribution in [1.82, 2.24) is 20.1 Å². The van der Waals surface area contributed by atoms with Gasteiger partial charge in [-0.1, -0.05) is 23.8 Å². The zero-order chi connectivity index (χ0) is 21.1. The zero-order valence-electron chi connectivity index (χ0n) is 16.6. The third-order valence-corrected chi connectivity index (χ3v) is 6.77. The highest BCUT2D eigenvalue weighted by atomic mass is 32.1. The molecule has 30 heavy (non-hydrogen) atoms. The summed E-state index contributed by atoms with van der Waals surface area (Å²) < 4.78 is 1.38. The second kappa shape index (κ2) is 8.73. The summed E-state index contributed by atoms with van der Waals surface area (Å²) in [5.74, 6) is -0.168. The van der Waals surface area contributed by atoms with Gasteiger partial charge in [-0.3, -0.25) is 9.59 Å². The number of thiophene rings is 1. The van der Waals surface area contributed by atoms with Gasteiger partial charge < -0.3 is 5.32 Å². The highest BCUT2D eigenvalue weighted by molar-refractivity contribution is 7.23. The first kappa shape index (κ1) is 20.2. The second-order valence-corrected chi connectivity index (χ2v) is 8.76.